The molecule has 3 rings (SSSR count). The number of carbonyl (C=O) groups excluding carboxylic acids is 1. The van der Waals surface area contributed by atoms with Crippen LogP contribution in [-0.4, -0.2) is 68.2 Å². The van der Waals surface area contributed by atoms with Crippen LogP contribution >= 0.6 is 11.8 Å². The first-order valence-electron chi connectivity index (χ1n) is 8.34. The first-order valence-corrected chi connectivity index (χ1v) is 9.32. The molecule has 0 bridgehead atoms. The van der Waals surface area contributed by atoms with Gasteiger partial charge in [-0.15, -0.1) is 0 Å². The lowest BCUT2D eigenvalue weighted by Gasteiger charge is -2.07. The molecule has 0 aliphatic heterocycles. The molecule has 0 saturated carbocycles. The van der Waals surface area contributed by atoms with Crippen LogP contribution in [0.2, 0.25) is 0 Å². The Hall–Kier alpha value is -2.79. The van der Waals surface area contributed by atoms with Gasteiger partial charge in [-0.25, -0.2) is 24.6 Å². The summed E-state index contributed by atoms with van der Waals surface area (Å²) in [5, 5.41) is 11.8. The van der Waals surface area contributed by atoms with Gasteiger partial charge in [0.15, 0.2) is 10.8 Å². The molecule has 0 aliphatic rings. The second kappa shape index (κ2) is 9.78. The van der Waals surface area contributed by atoms with Crippen molar-refractivity contribution in [2.24, 2.45) is 0 Å². The minimum Gasteiger partial charge on any atom is -0.383 e. The van der Waals surface area contributed by atoms with Gasteiger partial charge in [-0.05, 0) is 6.07 Å². The average molecular weight is 388 g/mol. The summed E-state index contributed by atoms with van der Waals surface area (Å²) < 4.78 is 6.77. The zero-order valence-electron chi connectivity index (χ0n) is 14.8. The van der Waals surface area contributed by atoms with E-state index in [1.807, 2.05) is 0 Å². The van der Waals surface area contributed by atoms with Gasteiger partial charge in [-0.3, -0.25) is 4.79 Å². The molecular weight excluding hydrogens is 368 g/mol. The third-order valence-corrected chi connectivity index (χ3v) is 4.43. The summed E-state index contributed by atoms with van der Waals surface area (Å²) >= 11 is 1.29. The van der Waals surface area contributed by atoms with Gasteiger partial charge in [0.2, 0.25) is 5.91 Å². The van der Waals surface area contributed by atoms with Gasteiger partial charge < -0.3 is 15.4 Å². The zero-order valence-corrected chi connectivity index (χ0v) is 15.6. The smallest absolute Gasteiger partial charge is 0.230 e. The quantitative estimate of drug-likeness (QED) is 0.292. The Kier molecular flexibility index (Phi) is 6.88. The zero-order chi connectivity index (χ0) is 18.9. The monoisotopic (exact) mass is 388 g/mol. The number of carbonyl (C=O) groups is 1. The lowest BCUT2D eigenvalue weighted by Crippen LogP contribution is -2.29. The Morgan fingerprint density at radius 2 is 2.07 bits per heavy atom. The van der Waals surface area contributed by atoms with Crippen molar-refractivity contribution in [2.45, 2.75) is 11.7 Å². The molecule has 11 heteroatoms. The summed E-state index contributed by atoms with van der Waals surface area (Å²) in [4.78, 5) is 28.6. The summed E-state index contributed by atoms with van der Waals surface area (Å²) in [5.41, 5.74) is 0.714. The van der Waals surface area contributed by atoms with E-state index < -0.39 is 0 Å². The highest BCUT2D eigenvalue weighted by molar-refractivity contribution is 7.99. The van der Waals surface area contributed by atoms with Crippen LogP contribution < -0.4 is 10.6 Å². The number of nitrogens with one attached hydrogen (secondary N) is 2. The van der Waals surface area contributed by atoms with E-state index >= 15 is 0 Å². The van der Waals surface area contributed by atoms with Gasteiger partial charge in [0, 0.05) is 32.6 Å². The summed E-state index contributed by atoms with van der Waals surface area (Å²) in [6.07, 6.45) is 6.51. The molecule has 10 nitrogen and oxygen atoms in total. The van der Waals surface area contributed by atoms with E-state index in [-0.39, 0.29) is 11.7 Å². The topological polar surface area (TPSA) is 120 Å². The SMILES string of the molecule is COCCNc1ncnc2c1cnn2CCNC(=O)CSc1ncccn1. The number of aromatic nitrogens is 6. The molecule has 0 aromatic carbocycles. The highest BCUT2D eigenvalue weighted by Crippen LogP contribution is 2.18. The van der Waals surface area contributed by atoms with Crippen LogP contribution in [0.4, 0.5) is 5.82 Å². The van der Waals surface area contributed by atoms with Crippen molar-refractivity contribution in [2.75, 3.05) is 37.9 Å². The average Bonchev–Trinajstić information content (AvgIpc) is 3.11. The van der Waals surface area contributed by atoms with Gasteiger partial charge in [0.1, 0.15) is 12.1 Å². The van der Waals surface area contributed by atoms with Gasteiger partial charge in [-0.2, -0.15) is 5.10 Å². The molecule has 2 N–H and O–H groups in total. The highest BCUT2D eigenvalue weighted by atomic mass is 32.2. The molecule has 0 radical (unpaired) electrons. The molecule has 27 heavy (non-hydrogen) atoms. The maximum atomic E-state index is 11.9. The van der Waals surface area contributed by atoms with Crippen LogP contribution in [0.1, 0.15) is 0 Å². The second-order valence-electron chi connectivity index (χ2n) is 5.42. The van der Waals surface area contributed by atoms with Crippen molar-refractivity contribution >= 4 is 34.5 Å². The van der Waals surface area contributed by atoms with Crippen molar-refractivity contribution in [3.8, 4) is 0 Å². The van der Waals surface area contributed by atoms with Crippen molar-refractivity contribution in [3.05, 3.63) is 31.0 Å². The number of anilines is 1. The van der Waals surface area contributed by atoms with E-state index in [2.05, 4.69) is 35.7 Å². The fourth-order valence-corrected chi connectivity index (χ4v) is 2.94. The van der Waals surface area contributed by atoms with Crippen molar-refractivity contribution < 1.29 is 9.53 Å². The van der Waals surface area contributed by atoms with Crippen LogP contribution in [0.5, 0.6) is 0 Å². The third-order valence-electron chi connectivity index (χ3n) is 3.55. The predicted molar refractivity (Wildman–Crippen MR) is 101 cm³/mol. The van der Waals surface area contributed by atoms with E-state index in [9.17, 15) is 4.79 Å². The summed E-state index contributed by atoms with van der Waals surface area (Å²) in [7, 11) is 1.65. The molecule has 3 aromatic rings. The number of hydrogen-bond acceptors (Lipinski definition) is 9. The van der Waals surface area contributed by atoms with Crippen LogP contribution in [-0.2, 0) is 16.1 Å². The Morgan fingerprint density at radius 1 is 1.22 bits per heavy atom. The van der Waals surface area contributed by atoms with E-state index in [0.717, 1.165) is 5.39 Å². The number of fused-ring (bicyclic) bond motifs is 1. The Balaban J connectivity index is 1.50. The lowest BCUT2D eigenvalue weighted by atomic mass is 10.4. The predicted octanol–water partition coefficient (Wildman–Crippen LogP) is 0.583. The van der Waals surface area contributed by atoms with Gasteiger partial charge in [0.05, 0.1) is 30.5 Å². The lowest BCUT2D eigenvalue weighted by molar-refractivity contribution is -0.118. The standard InChI is InChI=1S/C16H20N8O2S/c1-26-8-6-18-14-12-9-23-24(15(12)22-11-21-14)7-5-17-13(25)10-27-16-19-3-2-4-20-16/h2-4,9,11H,5-8,10H2,1H3,(H,17,25)(H,18,21,22). The van der Waals surface area contributed by atoms with Crippen LogP contribution in [0.15, 0.2) is 36.1 Å². The Labute approximate surface area is 160 Å². The van der Waals surface area contributed by atoms with Crippen molar-refractivity contribution in [3.63, 3.8) is 0 Å². The number of hydrogen-bond donors (Lipinski definition) is 2. The fourth-order valence-electron chi connectivity index (χ4n) is 2.31. The molecule has 0 spiro atoms. The largest absolute Gasteiger partial charge is 0.383 e. The number of thioether (sulfide) groups is 1. The Morgan fingerprint density at radius 3 is 2.89 bits per heavy atom. The van der Waals surface area contributed by atoms with E-state index in [4.69, 9.17) is 4.74 Å². The number of nitrogens with zero attached hydrogens (tertiary/aromatic N) is 6. The Bertz CT molecular complexity index is 873. The van der Waals surface area contributed by atoms with Gasteiger partial charge in [0.25, 0.3) is 0 Å². The molecule has 142 valence electrons. The van der Waals surface area contributed by atoms with E-state index in [0.29, 0.717) is 42.9 Å². The molecule has 0 atom stereocenters. The number of amides is 1. The first kappa shape index (κ1) is 19.0. The molecule has 0 fully saturated rings. The molecule has 0 unspecified atom stereocenters. The molecule has 0 aliphatic carbocycles. The van der Waals surface area contributed by atoms with Crippen LogP contribution in [0.3, 0.4) is 0 Å². The second-order valence-corrected chi connectivity index (χ2v) is 6.36. The summed E-state index contributed by atoms with van der Waals surface area (Å²) in [6, 6.07) is 1.74. The summed E-state index contributed by atoms with van der Waals surface area (Å²) in [5.74, 6) is 0.895. The summed E-state index contributed by atoms with van der Waals surface area (Å²) in [6.45, 7) is 2.18. The van der Waals surface area contributed by atoms with E-state index in [1.54, 1.807) is 36.4 Å². The maximum absolute atomic E-state index is 11.9. The number of methoxy groups -OCH3 is 1. The van der Waals surface area contributed by atoms with Crippen LogP contribution in [0.25, 0.3) is 11.0 Å². The first-order chi connectivity index (χ1) is 13.3. The van der Waals surface area contributed by atoms with Crippen LogP contribution in [0, 0.1) is 0 Å². The minimum atomic E-state index is -0.0829. The fraction of sp³-hybridized carbons (Fsp3) is 0.375. The molecular formula is C16H20N8O2S. The maximum Gasteiger partial charge on any atom is 0.230 e. The molecule has 1 amide bonds. The highest BCUT2D eigenvalue weighted by Gasteiger charge is 2.10. The van der Waals surface area contributed by atoms with Crippen molar-refractivity contribution in [1.29, 1.82) is 0 Å². The third kappa shape index (κ3) is 5.34. The van der Waals surface area contributed by atoms with Gasteiger partial charge in [-0.1, -0.05) is 11.8 Å². The molecule has 3 heterocycles. The normalized spacial score (nSPS) is 10.9. The minimum absolute atomic E-state index is 0.0829. The van der Waals surface area contributed by atoms with Crippen molar-refractivity contribution in [1.82, 2.24) is 35.0 Å². The molecule has 3 aromatic heterocycles. The van der Waals surface area contributed by atoms with Gasteiger partial charge >= 0.3 is 0 Å². The van der Waals surface area contributed by atoms with E-state index in [1.165, 1.54) is 18.1 Å². The number of rotatable bonds is 10. The number of ether oxygens (including phenoxy) is 1. The molecule has 0 saturated heterocycles.